The Labute approximate surface area is 178 Å². The Hall–Kier alpha value is -2.56. The van der Waals surface area contributed by atoms with Gasteiger partial charge in [-0.2, -0.15) is 0 Å². The summed E-state index contributed by atoms with van der Waals surface area (Å²) in [5, 5.41) is 3.01. The van der Waals surface area contributed by atoms with Crippen LogP contribution in [0.25, 0.3) is 11.3 Å². The molecule has 160 valence electrons. The second kappa shape index (κ2) is 9.07. The number of benzene rings is 1. The predicted molar refractivity (Wildman–Crippen MR) is 118 cm³/mol. The molecule has 0 radical (unpaired) electrons. The van der Waals surface area contributed by atoms with E-state index in [4.69, 9.17) is 4.42 Å². The molecule has 2 amide bonds. The van der Waals surface area contributed by atoms with Crippen LogP contribution < -0.4 is 5.32 Å². The number of hydrogen-bond donors (Lipinski definition) is 1. The van der Waals surface area contributed by atoms with Gasteiger partial charge in [-0.25, -0.2) is 0 Å². The van der Waals surface area contributed by atoms with Crippen molar-refractivity contribution in [2.24, 2.45) is 11.8 Å². The standard InChI is InChI=1S/C25H32N2O3/c1-17(2)25(29)27-14-13-22-20(16-27)15-23(30-22)19-8-10-21(11-9-19)26-24(28)12-7-18-5-3-4-6-18/h8-11,15,17-18H,3-7,12-14,16H2,1-2H3,(H,26,28). The van der Waals surface area contributed by atoms with Gasteiger partial charge < -0.3 is 14.6 Å². The van der Waals surface area contributed by atoms with Gasteiger partial charge in [0, 0.05) is 48.7 Å². The van der Waals surface area contributed by atoms with Crippen LogP contribution in [0.1, 0.15) is 63.7 Å². The quantitative estimate of drug-likeness (QED) is 0.696. The molecule has 4 rings (SSSR count). The summed E-state index contributed by atoms with van der Waals surface area (Å²) in [7, 11) is 0. The van der Waals surface area contributed by atoms with E-state index in [1.54, 1.807) is 0 Å². The summed E-state index contributed by atoms with van der Waals surface area (Å²) in [4.78, 5) is 26.4. The summed E-state index contributed by atoms with van der Waals surface area (Å²) in [6, 6.07) is 9.86. The van der Waals surface area contributed by atoms with Crippen molar-refractivity contribution in [1.82, 2.24) is 4.90 Å². The van der Waals surface area contributed by atoms with Gasteiger partial charge in [-0.05, 0) is 42.7 Å². The SMILES string of the molecule is CC(C)C(=O)N1CCc2oc(-c3ccc(NC(=O)CCC4CCCC4)cc3)cc2C1. The van der Waals surface area contributed by atoms with E-state index >= 15 is 0 Å². The first-order valence-electron chi connectivity index (χ1n) is 11.3. The summed E-state index contributed by atoms with van der Waals surface area (Å²) in [5.74, 6) is 2.82. The van der Waals surface area contributed by atoms with Crippen LogP contribution in [0.2, 0.25) is 0 Å². The highest BCUT2D eigenvalue weighted by atomic mass is 16.3. The first kappa shape index (κ1) is 20.7. The lowest BCUT2D eigenvalue weighted by Crippen LogP contribution is -2.37. The summed E-state index contributed by atoms with van der Waals surface area (Å²) < 4.78 is 6.07. The van der Waals surface area contributed by atoms with Gasteiger partial charge in [0.1, 0.15) is 11.5 Å². The minimum absolute atomic E-state index is 0.0128. The van der Waals surface area contributed by atoms with Crippen LogP contribution in [0.15, 0.2) is 34.7 Å². The Morgan fingerprint density at radius 3 is 2.60 bits per heavy atom. The Bertz CT molecular complexity index is 892. The van der Waals surface area contributed by atoms with Crippen molar-refractivity contribution in [2.45, 2.75) is 65.3 Å². The van der Waals surface area contributed by atoms with Crippen molar-refractivity contribution in [3.63, 3.8) is 0 Å². The third-order valence-electron chi connectivity index (χ3n) is 6.38. The van der Waals surface area contributed by atoms with E-state index in [1.807, 2.05) is 49.1 Å². The molecule has 0 atom stereocenters. The molecule has 1 saturated carbocycles. The highest BCUT2D eigenvalue weighted by Crippen LogP contribution is 2.31. The van der Waals surface area contributed by atoms with Crippen LogP contribution in [0.4, 0.5) is 5.69 Å². The Kier molecular flexibility index (Phi) is 6.26. The van der Waals surface area contributed by atoms with Crippen LogP contribution in [-0.2, 0) is 22.6 Å². The molecule has 1 aliphatic carbocycles. The molecule has 2 aliphatic rings. The van der Waals surface area contributed by atoms with E-state index in [1.165, 1.54) is 25.7 Å². The van der Waals surface area contributed by atoms with Gasteiger partial charge in [-0.1, -0.05) is 39.5 Å². The van der Waals surface area contributed by atoms with E-state index in [-0.39, 0.29) is 17.7 Å². The van der Waals surface area contributed by atoms with Crippen LogP contribution in [0.3, 0.4) is 0 Å². The number of nitrogens with one attached hydrogen (secondary N) is 1. The van der Waals surface area contributed by atoms with Crippen molar-refractivity contribution in [3.8, 4) is 11.3 Å². The second-order valence-electron chi connectivity index (χ2n) is 9.04. The van der Waals surface area contributed by atoms with Crippen LogP contribution in [0, 0.1) is 11.8 Å². The van der Waals surface area contributed by atoms with Gasteiger partial charge in [0.15, 0.2) is 0 Å². The number of anilines is 1. The molecule has 1 N–H and O–H groups in total. The van der Waals surface area contributed by atoms with E-state index in [2.05, 4.69) is 5.32 Å². The van der Waals surface area contributed by atoms with Crippen LogP contribution >= 0.6 is 0 Å². The lowest BCUT2D eigenvalue weighted by Gasteiger charge is -2.27. The number of furan rings is 1. The fourth-order valence-corrected chi connectivity index (χ4v) is 4.60. The van der Waals surface area contributed by atoms with Gasteiger partial charge in [-0.3, -0.25) is 9.59 Å². The zero-order valence-corrected chi connectivity index (χ0v) is 18.1. The molecule has 0 saturated heterocycles. The lowest BCUT2D eigenvalue weighted by atomic mass is 10.0. The molecule has 0 unspecified atom stereocenters. The number of nitrogens with zero attached hydrogens (tertiary/aromatic N) is 1. The number of carbonyl (C=O) groups excluding carboxylic acids is 2. The van der Waals surface area contributed by atoms with Gasteiger partial charge in [0.2, 0.25) is 11.8 Å². The van der Waals surface area contributed by atoms with Crippen molar-refractivity contribution in [3.05, 3.63) is 41.7 Å². The molecule has 0 spiro atoms. The molecule has 2 aromatic rings. The smallest absolute Gasteiger partial charge is 0.225 e. The van der Waals surface area contributed by atoms with Gasteiger partial charge in [-0.15, -0.1) is 0 Å². The van der Waals surface area contributed by atoms with E-state index in [0.29, 0.717) is 19.5 Å². The maximum Gasteiger partial charge on any atom is 0.225 e. The van der Waals surface area contributed by atoms with E-state index < -0.39 is 0 Å². The normalized spacial score (nSPS) is 16.7. The number of carbonyl (C=O) groups is 2. The van der Waals surface area contributed by atoms with Crippen molar-refractivity contribution < 1.29 is 14.0 Å². The minimum atomic E-state index is 0.0128. The third-order valence-corrected chi connectivity index (χ3v) is 6.38. The summed E-state index contributed by atoms with van der Waals surface area (Å²) in [6.45, 7) is 5.20. The highest BCUT2D eigenvalue weighted by molar-refractivity contribution is 5.90. The molecule has 1 aromatic carbocycles. The largest absolute Gasteiger partial charge is 0.461 e. The lowest BCUT2D eigenvalue weighted by molar-refractivity contribution is -0.135. The molecule has 2 heterocycles. The molecule has 30 heavy (non-hydrogen) atoms. The number of hydrogen-bond acceptors (Lipinski definition) is 3. The molecule has 0 bridgehead atoms. The maximum atomic E-state index is 12.3. The third kappa shape index (κ3) is 4.77. The van der Waals surface area contributed by atoms with Crippen LogP contribution in [-0.4, -0.2) is 23.3 Å². The zero-order valence-electron chi connectivity index (χ0n) is 18.1. The molecule has 1 aliphatic heterocycles. The topological polar surface area (TPSA) is 62.6 Å². The van der Waals surface area contributed by atoms with Crippen molar-refractivity contribution in [2.75, 3.05) is 11.9 Å². The fraction of sp³-hybridized carbons (Fsp3) is 0.520. The minimum Gasteiger partial charge on any atom is -0.461 e. The summed E-state index contributed by atoms with van der Waals surface area (Å²) in [6.07, 6.45) is 7.53. The fourth-order valence-electron chi connectivity index (χ4n) is 4.60. The second-order valence-corrected chi connectivity index (χ2v) is 9.04. The summed E-state index contributed by atoms with van der Waals surface area (Å²) in [5.41, 5.74) is 2.89. The maximum absolute atomic E-state index is 12.3. The molecular weight excluding hydrogens is 376 g/mol. The average molecular weight is 409 g/mol. The average Bonchev–Trinajstić information content (AvgIpc) is 3.41. The highest BCUT2D eigenvalue weighted by Gasteiger charge is 2.25. The molecule has 1 aromatic heterocycles. The van der Waals surface area contributed by atoms with Crippen LogP contribution in [0.5, 0.6) is 0 Å². The zero-order chi connectivity index (χ0) is 21.1. The van der Waals surface area contributed by atoms with E-state index in [9.17, 15) is 9.59 Å². The molecule has 5 nitrogen and oxygen atoms in total. The van der Waals surface area contributed by atoms with Crippen molar-refractivity contribution >= 4 is 17.5 Å². The van der Waals surface area contributed by atoms with Gasteiger partial charge in [0.05, 0.1) is 0 Å². The number of amides is 2. The Morgan fingerprint density at radius 1 is 1.17 bits per heavy atom. The predicted octanol–water partition coefficient (Wildman–Crippen LogP) is 5.40. The first-order valence-corrected chi connectivity index (χ1v) is 11.3. The molecular formula is C25H32N2O3. The Morgan fingerprint density at radius 2 is 1.90 bits per heavy atom. The summed E-state index contributed by atoms with van der Waals surface area (Å²) >= 11 is 0. The molecule has 5 heteroatoms. The first-order chi connectivity index (χ1) is 14.5. The van der Waals surface area contributed by atoms with Crippen molar-refractivity contribution in [1.29, 1.82) is 0 Å². The monoisotopic (exact) mass is 408 g/mol. The van der Waals surface area contributed by atoms with E-state index in [0.717, 1.165) is 47.1 Å². The molecule has 1 fully saturated rings. The number of fused-ring (bicyclic) bond motifs is 1. The number of rotatable bonds is 6. The van der Waals surface area contributed by atoms with Gasteiger partial charge >= 0.3 is 0 Å². The Balaban J connectivity index is 1.35. The van der Waals surface area contributed by atoms with Gasteiger partial charge in [0.25, 0.3) is 0 Å².